The van der Waals surface area contributed by atoms with Crippen molar-refractivity contribution >= 4 is 11.5 Å². The van der Waals surface area contributed by atoms with Crippen LogP contribution in [0.25, 0.3) is 5.57 Å². The minimum Gasteiger partial charge on any atom is -0.489 e. The van der Waals surface area contributed by atoms with E-state index in [1.54, 1.807) is 0 Å². The highest BCUT2D eigenvalue weighted by molar-refractivity contribution is 5.72. The van der Waals surface area contributed by atoms with Gasteiger partial charge in [0.2, 0.25) is 0 Å². The molecule has 1 aliphatic carbocycles. The molecular weight excluding hydrogens is 428 g/mol. The van der Waals surface area contributed by atoms with Crippen LogP contribution in [0.4, 0.5) is 0 Å². The lowest BCUT2D eigenvalue weighted by atomic mass is 9.84. The van der Waals surface area contributed by atoms with Crippen LogP contribution in [0.2, 0.25) is 0 Å². The first-order valence-corrected chi connectivity index (χ1v) is 12.2. The lowest BCUT2D eigenvalue weighted by molar-refractivity contribution is -0.159. The second-order valence-corrected chi connectivity index (χ2v) is 9.00. The van der Waals surface area contributed by atoms with Gasteiger partial charge in [-0.1, -0.05) is 55.5 Å². The minimum atomic E-state index is -0.766. The molecule has 5 heteroatoms. The summed E-state index contributed by atoms with van der Waals surface area (Å²) in [7, 11) is 0. The van der Waals surface area contributed by atoms with Crippen LogP contribution in [0, 0.1) is 5.92 Å². The number of benzene rings is 2. The van der Waals surface area contributed by atoms with Crippen LogP contribution in [-0.2, 0) is 20.9 Å². The van der Waals surface area contributed by atoms with Crippen molar-refractivity contribution < 1.29 is 24.1 Å². The predicted molar refractivity (Wildman–Crippen MR) is 133 cm³/mol. The molecule has 0 bridgehead atoms. The van der Waals surface area contributed by atoms with Crippen LogP contribution in [0.3, 0.4) is 0 Å². The molecule has 1 spiro atoms. The van der Waals surface area contributed by atoms with Gasteiger partial charge in [0.05, 0.1) is 19.1 Å². The lowest BCUT2D eigenvalue weighted by Crippen LogP contribution is -2.31. The summed E-state index contributed by atoms with van der Waals surface area (Å²) >= 11 is 0. The van der Waals surface area contributed by atoms with E-state index >= 15 is 0 Å². The van der Waals surface area contributed by atoms with E-state index < -0.39 is 17.7 Å². The number of ether oxygens (including phenoxy) is 3. The first kappa shape index (κ1) is 24.2. The molecule has 2 aromatic carbocycles. The summed E-state index contributed by atoms with van der Waals surface area (Å²) in [5, 5.41) is 9.59. The Morgan fingerprint density at radius 3 is 2.56 bits per heavy atom. The summed E-state index contributed by atoms with van der Waals surface area (Å²) in [4.78, 5) is 11.7. The summed E-state index contributed by atoms with van der Waals surface area (Å²) in [5.41, 5.74) is 4.64. The molecule has 1 aliphatic heterocycles. The van der Waals surface area contributed by atoms with Crippen molar-refractivity contribution in [1.29, 1.82) is 0 Å². The molecule has 1 N–H and O–H groups in total. The topological polar surface area (TPSA) is 65.0 Å². The average molecular weight is 463 g/mol. The Hall–Kier alpha value is -2.89. The highest BCUT2D eigenvalue weighted by Crippen LogP contribution is 2.38. The highest BCUT2D eigenvalue weighted by Gasteiger charge is 2.37. The Kier molecular flexibility index (Phi) is 7.86. The second-order valence-electron chi connectivity index (χ2n) is 9.00. The molecule has 34 heavy (non-hydrogen) atoms. The van der Waals surface area contributed by atoms with Gasteiger partial charge in [-0.15, -0.1) is 0 Å². The molecule has 2 atom stereocenters. The molecule has 0 amide bonds. The SMILES string of the molecule is CC=C[C@@H](c1ccc(OCc2cccc(C3=CCC4(CC3)OCCO4)c2)cc1)C(CC)C(=O)O. The molecular formula is C29H34O5. The van der Waals surface area contributed by atoms with E-state index in [1.807, 2.05) is 50.3 Å². The van der Waals surface area contributed by atoms with E-state index in [-0.39, 0.29) is 5.92 Å². The number of aliphatic carboxylic acids is 1. The van der Waals surface area contributed by atoms with Gasteiger partial charge in [-0.2, -0.15) is 0 Å². The quantitative estimate of drug-likeness (QED) is 0.440. The van der Waals surface area contributed by atoms with Crippen molar-refractivity contribution in [2.45, 2.75) is 57.8 Å². The first-order valence-electron chi connectivity index (χ1n) is 12.2. The zero-order valence-electron chi connectivity index (χ0n) is 20.0. The zero-order valence-corrected chi connectivity index (χ0v) is 20.0. The summed E-state index contributed by atoms with van der Waals surface area (Å²) in [6.07, 6.45) is 9.34. The van der Waals surface area contributed by atoms with E-state index in [4.69, 9.17) is 14.2 Å². The van der Waals surface area contributed by atoms with Gasteiger partial charge in [-0.05, 0) is 60.2 Å². The standard InChI is InChI=1S/C29H34O5/c1-3-6-27(26(4-2)28(30)31)23-9-11-25(12-10-23)32-20-21-7-5-8-24(19-21)22-13-15-29(16-14-22)33-17-18-34-29/h3,5-13,19,26-27H,4,14-18,20H2,1-2H3,(H,30,31)/t26?,27-/m0/s1. The largest absolute Gasteiger partial charge is 0.489 e. The Balaban J connectivity index is 1.39. The Morgan fingerprint density at radius 2 is 1.94 bits per heavy atom. The van der Waals surface area contributed by atoms with Crippen LogP contribution >= 0.6 is 0 Å². The number of carboxylic acid groups (broad SMARTS) is 1. The maximum Gasteiger partial charge on any atom is 0.307 e. The van der Waals surface area contributed by atoms with Crippen molar-refractivity contribution in [2.24, 2.45) is 5.92 Å². The van der Waals surface area contributed by atoms with E-state index in [0.717, 1.165) is 36.1 Å². The van der Waals surface area contributed by atoms with Gasteiger partial charge in [0, 0.05) is 18.8 Å². The van der Waals surface area contributed by atoms with Gasteiger partial charge in [0.1, 0.15) is 12.4 Å². The monoisotopic (exact) mass is 462 g/mol. The van der Waals surface area contributed by atoms with E-state index in [2.05, 4.69) is 30.3 Å². The summed E-state index contributed by atoms with van der Waals surface area (Å²) < 4.78 is 17.7. The average Bonchev–Trinajstić information content (AvgIpc) is 3.31. The van der Waals surface area contributed by atoms with Gasteiger partial charge in [0.25, 0.3) is 0 Å². The molecule has 4 rings (SSSR count). The van der Waals surface area contributed by atoms with Crippen LogP contribution in [0.15, 0.2) is 66.8 Å². The van der Waals surface area contributed by atoms with Crippen LogP contribution in [-0.4, -0.2) is 30.1 Å². The maximum atomic E-state index is 11.7. The molecule has 5 nitrogen and oxygen atoms in total. The van der Waals surface area contributed by atoms with Gasteiger partial charge < -0.3 is 19.3 Å². The van der Waals surface area contributed by atoms with Gasteiger partial charge in [-0.3, -0.25) is 4.79 Å². The molecule has 2 aliphatic rings. The van der Waals surface area contributed by atoms with E-state index in [9.17, 15) is 9.90 Å². The molecule has 0 aromatic heterocycles. The molecule has 180 valence electrons. The van der Waals surface area contributed by atoms with Crippen molar-refractivity contribution in [3.05, 3.63) is 83.4 Å². The van der Waals surface area contributed by atoms with Crippen LogP contribution < -0.4 is 4.74 Å². The lowest BCUT2D eigenvalue weighted by Gasteiger charge is -2.30. The summed E-state index contributed by atoms with van der Waals surface area (Å²) in [6.45, 7) is 5.68. The highest BCUT2D eigenvalue weighted by atomic mass is 16.7. The molecule has 1 fully saturated rings. The summed E-state index contributed by atoms with van der Waals surface area (Å²) in [5.74, 6) is -0.990. The second kappa shape index (κ2) is 11.0. The fourth-order valence-electron chi connectivity index (χ4n) is 4.91. The van der Waals surface area contributed by atoms with Crippen molar-refractivity contribution in [1.82, 2.24) is 0 Å². The Morgan fingerprint density at radius 1 is 1.18 bits per heavy atom. The molecule has 1 saturated heterocycles. The van der Waals surface area contributed by atoms with Gasteiger partial charge in [-0.25, -0.2) is 0 Å². The van der Waals surface area contributed by atoms with Gasteiger partial charge >= 0.3 is 5.97 Å². The fourth-order valence-corrected chi connectivity index (χ4v) is 4.91. The number of hydrogen-bond donors (Lipinski definition) is 1. The summed E-state index contributed by atoms with van der Waals surface area (Å²) in [6, 6.07) is 16.3. The Bertz CT molecular complexity index is 1030. The number of carboxylic acids is 1. The third-order valence-corrected chi connectivity index (χ3v) is 6.81. The molecule has 1 unspecified atom stereocenters. The Labute approximate surface area is 202 Å². The molecule has 0 saturated carbocycles. The van der Waals surface area contributed by atoms with Crippen LogP contribution in [0.5, 0.6) is 5.75 Å². The number of carbonyl (C=O) groups is 1. The first-order chi connectivity index (χ1) is 16.5. The number of allylic oxidation sites excluding steroid dienone is 3. The van der Waals surface area contributed by atoms with E-state index in [1.165, 1.54) is 11.1 Å². The number of rotatable bonds is 9. The van der Waals surface area contributed by atoms with Gasteiger partial charge in [0.15, 0.2) is 5.79 Å². The minimum absolute atomic E-state index is 0.152. The predicted octanol–water partition coefficient (Wildman–Crippen LogP) is 6.35. The van der Waals surface area contributed by atoms with E-state index in [0.29, 0.717) is 26.2 Å². The maximum absolute atomic E-state index is 11.7. The van der Waals surface area contributed by atoms with Crippen molar-refractivity contribution in [3.8, 4) is 5.75 Å². The molecule has 0 radical (unpaired) electrons. The normalized spacial score (nSPS) is 19.2. The fraction of sp³-hybridized carbons (Fsp3) is 0.414. The third-order valence-electron chi connectivity index (χ3n) is 6.81. The van der Waals surface area contributed by atoms with Crippen LogP contribution in [0.1, 0.15) is 62.1 Å². The zero-order chi connectivity index (χ0) is 24.0. The third kappa shape index (κ3) is 5.60. The molecule has 2 aromatic rings. The number of hydrogen-bond acceptors (Lipinski definition) is 4. The molecule has 1 heterocycles. The smallest absolute Gasteiger partial charge is 0.307 e. The van der Waals surface area contributed by atoms with Crippen molar-refractivity contribution in [3.63, 3.8) is 0 Å². The van der Waals surface area contributed by atoms with Crippen molar-refractivity contribution in [2.75, 3.05) is 13.2 Å².